The molecule has 3 nitrogen and oxygen atoms in total. The van der Waals surface area contributed by atoms with Gasteiger partial charge in [-0.25, -0.2) is 4.79 Å². The van der Waals surface area contributed by atoms with Crippen LogP contribution in [-0.4, -0.2) is 30.4 Å². The van der Waals surface area contributed by atoms with Crippen molar-refractivity contribution < 1.29 is 14.3 Å². The van der Waals surface area contributed by atoms with E-state index in [9.17, 15) is 4.79 Å². The van der Waals surface area contributed by atoms with Crippen LogP contribution in [0.2, 0.25) is 0 Å². The molecule has 0 aromatic rings. The molecule has 0 aliphatic carbocycles. The Labute approximate surface area is 88.8 Å². The minimum atomic E-state index is -0.399. The Balaban J connectivity index is 2.33. The van der Waals surface area contributed by atoms with Crippen LogP contribution < -0.4 is 0 Å². The Morgan fingerprint density at radius 1 is 1.57 bits per heavy atom. The molecule has 1 aliphatic heterocycles. The molecule has 1 saturated heterocycles. The van der Waals surface area contributed by atoms with Crippen molar-refractivity contribution in [3.05, 3.63) is 12.2 Å². The van der Waals surface area contributed by atoms with E-state index in [0.717, 1.165) is 17.9 Å². The minimum Gasteiger partial charge on any atom is -0.431 e. The Morgan fingerprint density at radius 2 is 2.36 bits per heavy atom. The third-order valence-corrected chi connectivity index (χ3v) is 2.91. The first-order valence-electron chi connectivity index (χ1n) is 4.76. The van der Waals surface area contributed by atoms with Gasteiger partial charge < -0.3 is 9.47 Å². The first kappa shape index (κ1) is 11.6. The van der Waals surface area contributed by atoms with E-state index >= 15 is 0 Å². The second-order valence-corrected chi connectivity index (χ2v) is 4.42. The highest BCUT2D eigenvalue weighted by Crippen LogP contribution is 2.14. The number of thioether (sulfide) groups is 1. The van der Waals surface area contributed by atoms with Gasteiger partial charge in [0.05, 0.1) is 12.4 Å². The van der Waals surface area contributed by atoms with E-state index in [2.05, 4.69) is 6.58 Å². The summed E-state index contributed by atoms with van der Waals surface area (Å²) in [6.07, 6.45) is 1.81. The molecule has 0 spiro atoms. The monoisotopic (exact) mass is 216 g/mol. The fourth-order valence-electron chi connectivity index (χ4n) is 1.04. The van der Waals surface area contributed by atoms with E-state index in [4.69, 9.17) is 9.47 Å². The summed E-state index contributed by atoms with van der Waals surface area (Å²) in [5.74, 6) is 1.47. The molecule has 4 heteroatoms. The third-order valence-electron chi connectivity index (χ3n) is 1.83. The summed E-state index contributed by atoms with van der Waals surface area (Å²) in [6, 6.07) is 0. The summed E-state index contributed by atoms with van der Waals surface area (Å²) in [7, 11) is 0. The number of hydrogen-bond donors (Lipinski definition) is 0. The van der Waals surface area contributed by atoms with Crippen molar-refractivity contribution in [2.45, 2.75) is 26.1 Å². The van der Waals surface area contributed by atoms with Crippen LogP contribution in [0.4, 0.5) is 0 Å². The Hall–Kier alpha value is -0.480. The van der Waals surface area contributed by atoms with Gasteiger partial charge in [-0.15, -0.1) is 0 Å². The molecule has 0 radical (unpaired) electrons. The molecular weight excluding hydrogens is 200 g/mol. The quantitative estimate of drug-likeness (QED) is 0.522. The molecule has 0 aromatic carbocycles. The number of carbonyl (C=O) groups excluding carboxylic acids is 1. The number of ether oxygens (including phenoxy) is 2. The van der Waals surface area contributed by atoms with Gasteiger partial charge in [-0.1, -0.05) is 6.58 Å². The lowest BCUT2D eigenvalue weighted by Gasteiger charge is -2.20. The second-order valence-electron chi connectivity index (χ2n) is 3.27. The van der Waals surface area contributed by atoms with Gasteiger partial charge in [0, 0.05) is 5.57 Å². The third kappa shape index (κ3) is 4.15. The van der Waals surface area contributed by atoms with Crippen LogP contribution in [0, 0.1) is 0 Å². The first-order chi connectivity index (χ1) is 6.70. The summed E-state index contributed by atoms with van der Waals surface area (Å²) >= 11 is 1.76. The molecule has 14 heavy (non-hydrogen) atoms. The average molecular weight is 216 g/mol. The smallest absolute Gasteiger partial charge is 0.335 e. The number of rotatable bonds is 2. The Bertz CT molecular complexity index is 207. The van der Waals surface area contributed by atoms with Crippen molar-refractivity contribution >= 4 is 17.7 Å². The summed E-state index contributed by atoms with van der Waals surface area (Å²) in [6.45, 7) is 5.84. The minimum absolute atomic E-state index is 0.365. The highest BCUT2D eigenvalue weighted by molar-refractivity contribution is 7.99. The van der Waals surface area contributed by atoms with E-state index in [1.165, 1.54) is 6.42 Å². The molecule has 1 unspecified atom stereocenters. The SMILES string of the molecule is C=C(C)C(=O)OC1CSCCCCO1. The lowest BCUT2D eigenvalue weighted by Crippen LogP contribution is -2.26. The topological polar surface area (TPSA) is 35.5 Å². The van der Waals surface area contributed by atoms with Crippen LogP contribution in [0.3, 0.4) is 0 Å². The van der Waals surface area contributed by atoms with Crippen LogP contribution in [0.5, 0.6) is 0 Å². The van der Waals surface area contributed by atoms with E-state index in [-0.39, 0.29) is 5.97 Å². The van der Waals surface area contributed by atoms with Crippen LogP contribution in [0.25, 0.3) is 0 Å². The molecule has 1 heterocycles. The van der Waals surface area contributed by atoms with Crippen molar-refractivity contribution in [2.75, 3.05) is 18.1 Å². The van der Waals surface area contributed by atoms with Crippen molar-refractivity contribution in [2.24, 2.45) is 0 Å². The number of esters is 1. The van der Waals surface area contributed by atoms with Crippen LogP contribution in [0.15, 0.2) is 12.2 Å². The van der Waals surface area contributed by atoms with Gasteiger partial charge in [-0.05, 0) is 25.5 Å². The second kappa shape index (κ2) is 6.09. The lowest BCUT2D eigenvalue weighted by atomic mass is 10.3. The summed E-state index contributed by atoms with van der Waals surface area (Å²) < 4.78 is 10.5. The van der Waals surface area contributed by atoms with E-state index in [1.54, 1.807) is 18.7 Å². The molecular formula is C10H16O3S. The predicted octanol–water partition coefficient (Wildman–Crippen LogP) is 1.98. The van der Waals surface area contributed by atoms with Crippen LogP contribution >= 0.6 is 11.8 Å². The van der Waals surface area contributed by atoms with Gasteiger partial charge in [0.15, 0.2) is 0 Å². The summed E-state index contributed by atoms with van der Waals surface area (Å²) in [5.41, 5.74) is 0.417. The standard InChI is InChI=1S/C10H16O3S/c1-8(2)10(11)13-9-7-14-6-4-3-5-12-9/h9H,1,3-7H2,2H3. The predicted molar refractivity (Wildman–Crippen MR) is 57.2 cm³/mol. The first-order valence-corrected chi connectivity index (χ1v) is 5.91. The van der Waals surface area contributed by atoms with Gasteiger partial charge in [0.1, 0.15) is 0 Å². The van der Waals surface area contributed by atoms with Gasteiger partial charge in [0.2, 0.25) is 6.29 Å². The maximum atomic E-state index is 11.2. The Kier molecular flexibility index (Phi) is 5.04. The van der Waals surface area contributed by atoms with Gasteiger partial charge in [0.25, 0.3) is 0 Å². The molecule has 1 rings (SSSR count). The zero-order valence-electron chi connectivity index (χ0n) is 8.45. The average Bonchev–Trinajstić information content (AvgIpc) is 2.08. The normalized spacial score (nSPS) is 23.4. The van der Waals surface area contributed by atoms with Gasteiger partial charge in [-0.2, -0.15) is 11.8 Å². The zero-order valence-corrected chi connectivity index (χ0v) is 9.27. The number of carbonyl (C=O) groups is 1. The highest BCUT2D eigenvalue weighted by Gasteiger charge is 2.16. The van der Waals surface area contributed by atoms with Gasteiger partial charge in [-0.3, -0.25) is 0 Å². The Morgan fingerprint density at radius 3 is 3.07 bits per heavy atom. The number of hydrogen-bond acceptors (Lipinski definition) is 4. The van der Waals surface area contributed by atoms with Crippen molar-refractivity contribution in [3.63, 3.8) is 0 Å². The molecule has 1 atom stereocenters. The molecule has 1 fully saturated rings. The van der Waals surface area contributed by atoms with E-state index < -0.39 is 6.29 Å². The van der Waals surface area contributed by atoms with Crippen molar-refractivity contribution in [1.82, 2.24) is 0 Å². The maximum absolute atomic E-state index is 11.2. The van der Waals surface area contributed by atoms with Gasteiger partial charge >= 0.3 is 5.97 Å². The largest absolute Gasteiger partial charge is 0.431 e. The molecule has 1 aliphatic rings. The van der Waals surface area contributed by atoms with E-state index in [0.29, 0.717) is 12.2 Å². The van der Waals surface area contributed by atoms with E-state index in [1.807, 2.05) is 0 Å². The molecule has 0 bridgehead atoms. The molecule has 0 N–H and O–H groups in total. The van der Waals surface area contributed by atoms with Crippen LogP contribution in [0.1, 0.15) is 19.8 Å². The molecule has 0 aromatic heterocycles. The highest BCUT2D eigenvalue weighted by atomic mass is 32.2. The van der Waals surface area contributed by atoms with Crippen LogP contribution in [-0.2, 0) is 14.3 Å². The molecule has 80 valence electrons. The fourth-order valence-corrected chi connectivity index (χ4v) is 1.97. The van der Waals surface area contributed by atoms with Crippen molar-refractivity contribution in [1.29, 1.82) is 0 Å². The lowest BCUT2D eigenvalue weighted by molar-refractivity contribution is -0.169. The zero-order chi connectivity index (χ0) is 10.4. The van der Waals surface area contributed by atoms with Crippen molar-refractivity contribution in [3.8, 4) is 0 Å². The maximum Gasteiger partial charge on any atom is 0.335 e. The molecule has 0 saturated carbocycles. The summed E-state index contributed by atoms with van der Waals surface area (Å²) in [4.78, 5) is 11.2. The molecule has 0 amide bonds. The summed E-state index contributed by atoms with van der Waals surface area (Å²) in [5, 5.41) is 0. The fraction of sp³-hybridized carbons (Fsp3) is 0.700.